The topological polar surface area (TPSA) is 110 Å². The average Bonchev–Trinajstić information content (AvgIpc) is 2.96. The van der Waals surface area contributed by atoms with Crippen LogP contribution in [0.3, 0.4) is 0 Å². The summed E-state index contributed by atoms with van der Waals surface area (Å²) in [4.78, 5) is 28.7. The SMILES string of the molecule is CCOC(=O)CCCNc1cc(CO)cc(Nc2c3ccccc3nc3ccccc23)c1CCCC(=O)OCC. The fourth-order valence-corrected chi connectivity index (χ4v) is 4.80. The van der Waals surface area contributed by atoms with Gasteiger partial charge in [-0.2, -0.15) is 0 Å². The predicted molar refractivity (Wildman–Crippen MR) is 159 cm³/mol. The summed E-state index contributed by atoms with van der Waals surface area (Å²) in [7, 11) is 0. The Morgan fingerprint density at radius 2 is 1.40 bits per heavy atom. The monoisotopic (exact) mass is 543 g/mol. The molecule has 4 rings (SSSR count). The van der Waals surface area contributed by atoms with E-state index in [0.717, 1.165) is 50.0 Å². The van der Waals surface area contributed by atoms with Gasteiger partial charge < -0.3 is 25.2 Å². The van der Waals surface area contributed by atoms with E-state index >= 15 is 0 Å². The highest BCUT2D eigenvalue weighted by Crippen LogP contribution is 2.37. The van der Waals surface area contributed by atoms with E-state index in [4.69, 9.17) is 14.5 Å². The number of ether oxygens (including phenoxy) is 2. The molecule has 0 aliphatic heterocycles. The Bertz CT molecular complexity index is 1420. The molecule has 0 aliphatic rings. The summed E-state index contributed by atoms with van der Waals surface area (Å²) >= 11 is 0. The van der Waals surface area contributed by atoms with Gasteiger partial charge in [0.15, 0.2) is 0 Å². The zero-order valence-corrected chi connectivity index (χ0v) is 23.2. The maximum absolute atomic E-state index is 12.1. The summed E-state index contributed by atoms with van der Waals surface area (Å²) in [6.45, 7) is 4.74. The van der Waals surface area contributed by atoms with E-state index in [9.17, 15) is 14.7 Å². The molecule has 40 heavy (non-hydrogen) atoms. The van der Waals surface area contributed by atoms with Crippen LogP contribution in [0.25, 0.3) is 21.8 Å². The van der Waals surface area contributed by atoms with E-state index in [1.807, 2.05) is 60.7 Å². The van der Waals surface area contributed by atoms with Gasteiger partial charge >= 0.3 is 11.9 Å². The van der Waals surface area contributed by atoms with Crippen molar-refractivity contribution < 1.29 is 24.2 Å². The number of hydrogen-bond donors (Lipinski definition) is 3. The number of anilines is 3. The summed E-state index contributed by atoms with van der Waals surface area (Å²) in [5, 5.41) is 19.2. The third-order valence-corrected chi connectivity index (χ3v) is 6.63. The molecule has 4 aromatic rings. The Labute approximate surface area is 234 Å². The number of benzene rings is 3. The van der Waals surface area contributed by atoms with Crippen LogP contribution in [0.4, 0.5) is 17.1 Å². The number of para-hydroxylation sites is 2. The van der Waals surface area contributed by atoms with Crippen LogP contribution in [0.5, 0.6) is 0 Å². The summed E-state index contributed by atoms with van der Waals surface area (Å²) < 4.78 is 10.2. The minimum absolute atomic E-state index is 0.132. The fourth-order valence-electron chi connectivity index (χ4n) is 4.80. The number of nitrogens with one attached hydrogen (secondary N) is 2. The van der Waals surface area contributed by atoms with Gasteiger partial charge in [-0.15, -0.1) is 0 Å². The molecule has 3 aromatic carbocycles. The van der Waals surface area contributed by atoms with E-state index in [-0.39, 0.29) is 18.5 Å². The van der Waals surface area contributed by atoms with Crippen molar-refractivity contribution in [3.05, 3.63) is 71.8 Å². The van der Waals surface area contributed by atoms with E-state index < -0.39 is 0 Å². The first kappa shape index (κ1) is 28.8. The molecule has 0 saturated heterocycles. The molecule has 0 amide bonds. The van der Waals surface area contributed by atoms with Crippen LogP contribution < -0.4 is 10.6 Å². The molecule has 0 bridgehead atoms. The van der Waals surface area contributed by atoms with Crippen LogP contribution in [-0.2, 0) is 32.1 Å². The molecule has 8 nitrogen and oxygen atoms in total. The van der Waals surface area contributed by atoms with Crippen molar-refractivity contribution in [2.45, 2.75) is 52.6 Å². The highest BCUT2D eigenvalue weighted by atomic mass is 16.5. The molecule has 1 aromatic heterocycles. The molecule has 210 valence electrons. The molecule has 0 aliphatic carbocycles. The number of pyridine rings is 1. The van der Waals surface area contributed by atoms with E-state index in [0.29, 0.717) is 51.9 Å². The minimum atomic E-state index is -0.223. The lowest BCUT2D eigenvalue weighted by Crippen LogP contribution is -2.11. The van der Waals surface area contributed by atoms with Gasteiger partial charge in [0.05, 0.1) is 36.5 Å². The lowest BCUT2D eigenvalue weighted by Gasteiger charge is -2.21. The standard InChI is InChI=1S/C32H37N3O5/c1-3-39-30(37)16-9-13-23-28(33-18-10-17-31(38)40-4-2)19-22(21-36)20-29(23)35-32-24-11-5-7-14-26(24)34-27-15-8-6-12-25(27)32/h5-8,11-12,14-15,19-20,33,36H,3-4,9-10,13,16-18,21H2,1-2H3,(H,34,35). The molecule has 8 heteroatoms. The van der Waals surface area contributed by atoms with Crippen LogP contribution in [0, 0.1) is 0 Å². The number of aliphatic hydroxyl groups excluding tert-OH is 1. The van der Waals surface area contributed by atoms with Crippen molar-refractivity contribution in [2.24, 2.45) is 0 Å². The largest absolute Gasteiger partial charge is 0.466 e. The molecule has 1 heterocycles. The number of esters is 2. The summed E-state index contributed by atoms with van der Waals surface area (Å²) in [6.07, 6.45) is 2.43. The number of carbonyl (C=O) groups excluding carboxylic acids is 2. The average molecular weight is 544 g/mol. The van der Waals surface area contributed by atoms with Gasteiger partial charge in [0.2, 0.25) is 0 Å². The second-order valence-electron chi connectivity index (χ2n) is 9.47. The number of aliphatic hydroxyl groups is 1. The van der Waals surface area contributed by atoms with Gasteiger partial charge in [0.25, 0.3) is 0 Å². The van der Waals surface area contributed by atoms with Gasteiger partial charge in [-0.25, -0.2) is 4.98 Å². The molecular formula is C32H37N3O5. The summed E-state index contributed by atoms with van der Waals surface area (Å²) in [5.41, 5.74) is 6.10. The molecule has 0 atom stereocenters. The second-order valence-corrected chi connectivity index (χ2v) is 9.47. The van der Waals surface area contributed by atoms with Crippen LogP contribution in [0.1, 0.15) is 50.7 Å². The molecule has 0 fully saturated rings. The molecule has 3 N–H and O–H groups in total. The Morgan fingerprint density at radius 1 is 0.825 bits per heavy atom. The summed E-state index contributed by atoms with van der Waals surface area (Å²) in [5.74, 6) is -0.444. The molecule has 0 spiro atoms. The Balaban J connectivity index is 1.72. The molecule has 0 radical (unpaired) electrons. The van der Waals surface area contributed by atoms with Gasteiger partial charge in [-0.3, -0.25) is 9.59 Å². The highest BCUT2D eigenvalue weighted by Gasteiger charge is 2.16. The Hall–Kier alpha value is -4.17. The van der Waals surface area contributed by atoms with Crippen molar-refractivity contribution in [1.82, 2.24) is 4.98 Å². The third kappa shape index (κ3) is 7.27. The Morgan fingerprint density at radius 3 is 2.00 bits per heavy atom. The van der Waals surface area contributed by atoms with Crippen LogP contribution in [0.2, 0.25) is 0 Å². The van der Waals surface area contributed by atoms with Crippen LogP contribution >= 0.6 is 0 Å². The number of hydrogen-bond acceptors (Lipinski definition) is 8. The van der Waals surface area contributed by atoms with Crippen molar-refractivity contribution in [2.75, 3.05) is 30.4 Å². The smallest absolute Gasteiger partial charge is 0.305 e. The number of rotatable bonds is 14. The maximum Gasteiger partial charge on any atom is 0.305 e. The van der Waals surface area contributed by atoms with Gasteiger partial charge in [0.1, 0.15) is 0 Å². The van der Waals surface area contributed by atoms with E-state index in [1.165, 1.54) is 0 Å². The van der Waals surface area contributed by atoms with Crippen LogP contribution in [-0.4, -0.2) is 41.8 Å². The molecular weight excluding hydrogens is 506 g/mol. The zero-order valence-electron chi connectivity index (χ0n) is 23.2. The van der Waals surface area contributed by atoms with E-state index in [2.05, 4.69) is 10.6 Å². The van der Waals surface area contributed by atoms with Crippen LogP contribution in [0.15, 0.2) is 60.7 Å². The normalized spacial score (nSPS) is 11.0. The first-order chi connectivity index (χ1) is 19.5. The highest BCUT2D eigenvalue weighted by molar-refractivity contribution is 6.08. The van der Waals surface area contributed by atoms with Crippen molar-refractivity contribution in [3.63, 3.8) is 0 Å². The first-order valence-corrected chi connectivity index (χ1v) is 13.9. The number of carbonyl (C=O) groups is 2. The quantitative estimate of drug-likeness (QED) is 0.0971. The van der Waals surface area contributed by atoms with Crippen molar-refractivity contribution in [3.8, 4) is 0 Å². The first-order valence-electron chi connectivity index (χ1n) is 13.9. The van der Waals surface area contributed by atoms with Gasteiger partial charge in [-0.05, 0) is 68.5 Å². The number of fused-ring (bicyclic) bond motifs is 2. The van der Waals surface area contributed by atoms with Crippen molar-refractivity contribution in [1.29, 1.82) is 0 Å². The van der Waals surface area contributed by atoms with Gasteiger partial charge in [0, 0.05) is 41.5 Å². The van der Waals surface area contributed by atoms with Crippen molar-refractivity contribution >= 4 is 50.8 Å². The fraction of sp³-hybridized carbons (Fsp3) is 0.344. The zero-order chi connectivity index (χ0) is 28.3. The third-order valence-electron chi connectivity index (χ3n) is 6.63. The van der Waals surface area contributed by atoms with Gasteiger partial charge in [-0.1, -0.05) is 36.4 Å². The lowest BCUT2D eigenvalue weighted by molar-refractivity contribution is -0.144. The number of nitrogens with zero attached hydrogens (tertiary/aromatic N) is 1. The summed E-state index contributed by atoms with van der Waals surface area (Å²) in [6, 6.07) is 19.9. The lowest BCUT2D eigenvalue weighted by atomic mass is 9.99. The molecule has 0 saturated carbocycles. The number of aromatic nitrogens is 1. The molecule has 0 unspecified atom stereocenters. The van der Waals surface area contributed by atoms with E-state index in [1.54, 1.807) is 13.8 Å². The minimum Gasteiger partial charge on any atom is -0.466 e. The predicted octanol–water partition coefficient (Wildman–Crippen LogP) is 6.26. The Kier molecular flexibility index (Phi) is 10.3. The maximum atomic E-state index is 12.1. The second kappa shape index (κ2) is 14.3.